The summed E-state index contributed by atoms with van der Waals surface area (Å²) < 4.78 is 28.2. The standard InChI is InChI=1S/C19H21IN2O3S/c1-14-6-4-5-13-22(14)26(24,25)16-11-9-15(10-12-16)19(23)21-18-8-3-2-7-17(18)20/h2-3,7-12,14H,4-6,13H2,1H3,(H,21,23)/t14-/m1/s1. The Kier molecular flexibility index (Phi) is 5.99. The summed E-state index contributed by atoms with van der Waals surface area (Å²) in [6.07, 6.45) is 2.83. The van der Waals surface area contributed by atoms with E-state index in [1.165, 1.54) is 12.1 Å². The number of rotatable bonds is 4. The van der Waals surface area contributed by atoms with Crippen LogP contribution in [0.25, 0.3) is 0 Å². The zero-order valence-electron chi connectivity index (χ0n) is 14.5. The highest BCUT2D eigenvalue weighted by molar-refractivity contribution is 14.1. The minimum atomic E-state index is -3.52. The first kappa shape index (κ1) is 19.3. The van der Waals surface area contributed by atoms with E-state index >= 15 is 0 Å². The Morgan fingerprint density at radius 3 is 2.46 bits per heavy atom. The molecule has 5 nitrogen and oxygen atoms in total. The zero-order chi connectivity index (χ0) is 18.7. The molecule has 0 saturated carbocycles. The number of hydrogen-bond donors (Lipinski definition) is 1. The Balaban J connectivity index is 1.77. The molecule has 2 aromatic rings. The van der Waals surface area contributed by atoms with Crippen LogP contribution in [0.4, 0.5) is 5.69 Å². The van der Waals surface area contributed by atoms with Crippen LogP contribution in [0.1, 0.15) is 36.5 Å². The number of sulfonamides is 1. The summed E-state index contributed by atoms with van der Waals surface area (Å²) in [5.74, 6) is -0.260. The van der Waals surface area contributed by atoms with E-state index in [-0.39, 0.29) is 16.8 Å². The smallest absolute Gasteiger partial charge is 0.255 e. The van der Waals surface area contributed by atoms with Crippen molar-refractivity contribution < 1.29 is 13.2 Å². The molecule has 3 rings (SSSR count). The Labute approximate surface area is 168 Å². The molecule has 2 aromatic carbocycles. The quantitative estimate of drug-likeness (QED) is 0.665. The van der Waals surface area contributed by atoms with Crippen molar-refractivity contribution in [2.75, 3.05) is 11.9 Å². The molecule has 1 fully saturated rings. The molecule has 1 atom stereocenters. The first-order valence-corrected chi connectivity index (χ1v) is 11.1. The second kappa shape index (κ2) is 8.06. The topological polar surface area (TPSA) is 66.5 Å². The van der Waals surface area contributed by atoms with Gasteiger partial charge in [-0.15, -0.1) is 0 Å². The van der Waals surface area contributed by atoms with Crippen molar-refractivity contribution in [1.29, 1.82) is 0 Å². The molecule has 1 aliphatic rings. The van der Waals surface area contributed by atoms with Crippen LogP contribution < -0.4 is 5.32 Å². The van der Waals surface area contributed by atoms with Crippen molar-refractivity contribution in [2.24, 2.45) is 0 Å². The van der Waals surface area contributed by atoms with Gasteiger partial charge in [-0.2, -0.15) is 4.31 Å². The van der Waals surface area contributed by atoms with Crippen LogP contribution in [-0.2, 0) is 10.0 Å². The van der Waals surface area contributed by atoms with Crippen LogP contribution in [0.15, 0.2) is 53.4 Å². The Bertz CT molecular complexity index is 897. The van der Waals surface area contributed by atoms with Gasteiger partial charge in [-0.25, -0.2) is 8.42 Å². The number of piperidine rings is 1. The lowest BCUT2D eigenvalue weighted by molar-refractivity contribution is 0.102. The lowest BCUT2D eigenvalue weighted by Gasteiger charge is -2.32. The van der Waals surface area contributed by atoms with Gasteiger partial charge in [0.1, 0.15) is 0 Å². The van der Waals surface area contributed by atoms with Crippen LogP contribution in [0.2, 0.25) is 0 Å². The number of amides is 1. The van der Waals surface area contributed by atoms with Gasteiger partial charge in [0.05, 0.1) is 10.6 Å². The van der Waals surface area contributed by atoms with E-state index in [0.717, 1.165) is 28.5 Å². The molecule has 138 valence electrons. The average molecular weight is 484 g/mol. The van der Waals surface area contributed by atoms with E-state index < -0.39 is 10.0 Å². The van der Waals surface area contributed by atoms with Crippen LogP contribution in [-0.4, -0.2) is 31.2 Å². The summed E-state index contributed by atoms with van der Waals surface area (Å²) in [4.78, 5) is 12.6. The highest BCUT2D eigenvalue weighted by atomic mass is 127. The molecule has 1 N–H and O–H groups in total. The van der Waals surface area contributed by atoms with Crippen molar-refractivity contribution in [3.63, 3.8) is 0 Å². The molecular formula is C19H21IN2O3S. The average Bonchev–Trinajstić information content (AvgIpc) is 2.64. The first-order valence-electron chi connectivity index (χ1n) is 8.57. The lowest BCUT2D eigenvalue weighted by atomic mass is 10.1. The number of anilines is 1. The highest BCUT2D eigenvalue weighted by Gasteiger charge is 2.30. The number of carbonyl (C=O) groups excluding carboxylic acids is 1. The Morgan fingerprint density at radius 2 is 1.81 bits per heavy atom. The molecule has 1 heterocycles. The van der Waals surface area contributed by atoms with Gasteiger partial charge in [-0.3, -0.25) is 4.79 Å². The number of para-hydroxylation sites is 1. The minimum Gasteiger partial charge on any atom is -0.321 e. The summed E-state index contributed by atoms with van der Waals surface area (Å²) in [7, 11) is -3.52. The minimum absolute atomic E-state index is 0.0110. The molecule has 0 unspecified atom stereocenters. The Morgan fingerprint density at radius 1 is 1.12 bits per heavy atom. The van der Waals surface area contributed by atoms with Crippen LogP contribution in [0.5, 0.6) is 0 Å². The fourth-order valence-corrected chi connectivity index (χ4v) is 5.32. The second-order valence-electron chi connectivity index (χ2n) is 6.42. The van der Waals surface area contributed by atoms with E-state index in [1.54, 1.807) is 16.4 Å². The molecule has 7 heteroatoms. The lowest BCUT2D eigenvalue weighted by Crippen LogP contribution is -2.41. The maximum absolute atomic E-state index is 12.8. The number of nitrogens with one attached hydrogen (secondary N) is 1. The molecule has 1 aliphatic heterocycles. The van der Waals surface area contributed by atoms with Crippen molar-refractivity contribution >= 4 is 44.2 Å². The third-order valence-corrected chi connectivity index (χ3v) is 7.56. The van der Waals surface area contributed by atoms with Gasteiger partial charge in [-0.1, -0.05) is 18.6 Å². The summed E-state index contributed by atoms with van der Waals surface area (Å²) in [5, 5.41) is 2.85. The molecule has 0 spiro atoms. The first-order chi connectivity index (χ1) is 12.4. The molecule has 26 heavy (non-hydrogen) atoms. The zero-order valence-corrected chi connectivity index (χ0v) is 17.5. The van der Waals surface area contributed by atoms with Gasteiger partial charge in [0.15, 0.2) is 0 Å². The maximum atomic E-state index is 12.8. The second-order valence-corrected chi connectivity index (χ2v) is 9.47. The maximum Gasteiger partial charge on any atom is 0.255 e. The van der Waals surface area contributed by atoms with E-state index in [9.17, 15) is 13.2 Å². The number of halogens is 1. The van der Waals surface area contributed by atoms with Gasteiger partial charge in [0, 0.05) is 21.7 Å². The van der Waals surface area contributed by atoms with Crippen molar-refractivity contribution in [3.8, 4) is 0 Å². The third-order valence-electron chi connectivity index (χ3n) is 4.59. The third kappa shape index (κ3) is 4.10. The van der Waals surface area contributed by atoms with Gasteiger partial charge < -0.3 is 5.32 Å². The Hall–Kier alpha value is -1.45. The normalized spacial score (nSPS) is 18.5. The van der Waals surface area contributed by atoms with Crippen LogP contribution in [0.3, 0.4) is 0 Å². The van der Waals surface area contributed by atoms with Crippen molar-refractivity contribution in [1.82, 2.24) is 4.31 Å². The molecular weight excluding hydrogens is 463 g/mol. The number of nitrogens with zero attached hydrogens (tertiary/aromatic N) is 1. The highest BCUT2D eigenvalue weighted by Crippen LogP contribution is 2.25. The number of hydrogen-bond acceptors (Lipinski definition) is 3. The van der Waals surface area contributed by atoms with Crippen molar-refractivity contribution in [2.45, 2.75) is 37.1 Å². The fourth-order valence-electron chi connectivity index (χ4n) is 3.10. The van der Waals surface area contributed by atoms with Crippen LogP contribution in [0, 0.1) is 3.57 Å². The predicted molar refractivity (Wildman–Crippen MR) is 111 cm³/mol. The molecule has 0 bridgehead atoms. The van der Waals surface area contributed by atoms with E-state index in [4.69, 9.17) is 0 Å². The van der Waals surface area contributed by atoms with Gasteiger partial charge in [-0.05, 0) is 78.8 Å². The molecule has 1 amide bonds. The van der Waals surface area contributed by atoms with E-state index in [1.807, 2.05) is 31.2 Å². The molecule has 0 aromatic heterocycles. The molecule has 0 radical (unpaired) electrons. The summed E-state index contributed by atoms with van der Waals surface area (Å²) in [6, 6.07) is 13.7. The van der Waals surface area contributed by atoms with Gasteiger partial charge in [0.25, 0.3) is 5.91 Å². The van der Waals surface area contributed by atoms with Gasteiger partial charge >= 0.3 is 0 Å². The summed E-state index contributed by atoms with van der Waals surface area (Å²) in [5.41, 5.74) is 1.16. The van der Waals surface area contributed by atoms with E-state index in [0.29, 0.717) is 12.1 Å². The summed E-state index contributed by atoms with van der Waals surface area (Å²) >= 11 is 2.16. The van der Waals surface area contributed by atoms with E-state index in [2.05, 4.69) is 27.9 Å². The SMILES string of the molecule is C[C@@H]1CCCCN1S(=O)(=O)c1ccc(C(=O)Nc2ccccc2I)cc1. The number of benzene rings is 2. The summed E-state index contributed by atoms with van der Waals surface area (Å²) in [6.45, 7) is 2.50. The van der Waals surface area contributed by atoms with Crippen molar-refractivity contribution in [3.05, 3.63) is 57.7 Å². The predicted octanol–water partition coefficient (Wildman–Crippen LogP) is 4.11. The molecule has 0 aliphatic carbocycles. The largest absolute Gasteiger partial charge is 0.321 e. The number of carbonyl (C=O) groups is 1. The van der Waals surface area contributed by atoms with Crippen LogP contribution >= 0.6 is 22.6 Å². The van der Waals surface area contributed by atoms with Gasteiger partial charge in [0.2, 0.25) is 10.0 Å². The monoisotopic (exact) mass is 484 g/mol. The fraction of sp³-hybridized carbons (Fsp3) is 0.316. The molecule has 1 saturated heterocycles.